The van der Waals surface area contributed by atoms with Crippen LogP contribution >= 0.6 is 0 Å². The molecule has 1 aliphatic rings. The number of nitrogens with zero attached hydrogens (tertiary/aromatic N) is 2. The van der Waals surface area contributed by atoms with E-state index in [9.17, 15) is 0 Å². The number of hydrogen-bond acceptors (Lipinski definition) is 3. The number of piperidine rings is 1. The molecule has 0 saturated carbocycles. The molecule has 2 N–H and O–H groups in total. The van der Waals surface area contributed by atoms with Gasteiger partial charge < -0.3 is 5.73 Å². The summed E-state index contributed by atoms with van der Waals surface area (Å²) in [6.45, 7) is 12.1. The van der Waals surface area contributed by atoms with E-state index in [0.717, 1.165) is 40.9 Å². The first-order chi connectivity index (χ1) is 8.49. The van der Waals surface area contributed by atoms with E-state index < -0.39 is 0 Å². The van der Waals surface area contributed by atoms with Gasteiger partial charge in [-0.1, -0.05) is 13.8 Å². The molecule has 3 heteroatoms. The largest absolute Gasteiger partial charge is 0.398 e. The van der Waals surface area contributed by atoms with Crippen LogP contribution in [0.3, 0.4) is 0 Å². The van der Waals surface area contributed by atoms with Gasteiger partial charge in [0.2, 0.25) is 0 Å². The molecule has 3 nitrogen and oxygen atoms in total. The first-order valence-corrected chi connectivity index (χ1v) is 6.92. The minimum Gasteiger partial charge on any atom is -0.398 e. The van der Waals surface area contributed by atoms with Gasteiger partial charge in [0.1, 0.15) is 0 Å². The van der Waals surface area contributed by atoms with Gasteiger partial charge >= 0.3 is 0 Å². The second-order valence-corrected chi connectivity index (χ2v) is 5.90. The average Bonchev–Trinajstić information content (AvgIpc) is 2.34. The Labute approximate surface area is 110 Å². The van der Waals surface area contributed by atoms with Gasteiger partial charge in [-0.3, -0.25) is 9.88 Å². The topological polar surface area (TPSA) is 42.2 Å². The van der Waals surface area contributed by atoms with Crippen molar-refractivity contribution in [2.24, 2.45) is 11.8 Å². The molecule has 1 fully saturated rings. The SMILES string of the molecule is Cc1cnc(CN2CCC(C)C(C)C2)c(C)c1N. The molecule has 0 amide bonds. The standard InChI is InChI=1S/C15H25N3/c1-10-5-6-18(8-12(10)3)9-14-13(4)15(16)11(2)7-17-14/h7,10,12H,5-6,8-9H2,1-4H3,(H2,16,17). The molecule has 100 valence electrons. The van der Waals surface area contributed by atoms with E-state index in [1.807, 2.05) is 13.1 Å². The summed E-state index contributed by atoms with van der Waals surface area (Å²) in [5, 5.41) is 0. The third-order valence-corrected chi connectivity index (χ3v) is 4.47. The molecule has 2 atom stereocenters. The van der Waals surface area contributed by atoms with Crippen LogP contribution in [0.15, 0.2) is 6.20 Å². The first-order valence-electron chi connectivity index (χ1n) is 6.92. The number of aryl methyl sites for hydroxylation is 1. The lowest BCUT2D eigenvalue weighted by molar-refractivity contribution is 0.130. The quantitative estimate of drug-likeness (QED) is 0.873. The lowest BCUT2D eigenvalue weighted by Gasteiger charge is -2.35. The normalized spacial score (nSPS) is 25.3. The maximum Gasteiger partial charge on any atom is 0.0593 e. The van der Waals surface area contributed by atoms with Gasteiger partial charge in [-0.2, -0.15) is 0 Å². The van der Waals surface area contributed by atoms with Crippen LogP contribution in [-0.2, 0) is 6.54 Å². The Kier molecular flexibility index (Phi) is 3.91. The van der Waals surface area contributed by atoms with Gasteiger partial charge in [0.15, 0.2) is 0 Å². The van der Waals surface area contributed by atoms with E-state index in [1.54, 1.807) is 0 Å². The maximum atomic E-state index is 6.08. The Hall–Kier alpha value is -1.09. The van der Waals surface area contributed by atoms with Crippen molar-refractivity contribution in [3.8, 4) is 0 Å². The van der Waals surface area contributed by atoms with Crippen molar-refractivity contribution in [3.63, 3.8) is 0 Å². The summed E-state index contributed by atoms with van der Waals surface area (Å²) in [4.78, 5) is 7.06. The van der Waals surface area contributed by atoms with E-state index in [4.69, 9.17) is 5.73 Å². The van der Waals surface area contributed by atoms with Gasteiger partial charge in [0.25, 0.3) is 0 Å². The average molecular weight is 247 g/mol. The van der Waals surface area contributed by atoms with Crippen molar-refractivity contribution >= 4 is 5.69 Å². The number of anilines is 1. The van der Waals surface area contributed by atoms with E-state index >= 15 is 0 Å². The highest BCUT2D eigenvalue weighted by Gasteiger charge is 2.23. The highest BCUT2D eigenvalue weighted by atomic mass is 15.1. The van der Waals surface area contributed by atoms with Gasteiger partial charge in [-0.15, -0.1) is 0 Å². The summed E-state index contributed by atoms with van der Waals surface area (Å²) >= 11 is 0. The van der Waals surface area contributed by atoms with Gasteiger partial charge in [0.05, 0.1) is 5.69 Å². The third-order valence-electron chi connectivity index (χ3n) is 4.47. The predicted molar refractivity (Wildman–Crippen MR) is 76.3 cm³/mol. The molecular weight excluding hydrogens is 222 g/mol. The summed E-state index contributed by atoms with van der Waals surface area (Å²) < 4.78 is 0. The second-order valence-electron chi connectivity index (χ2n) is 5.90. The Balaban J connectivity index is 2.08. The summed E-state index contributed by atoms with van der Waals surface area (Å²) in [6, 6.07) is 0. The number of nitrogen functional groups attached to an aromatic ring is 1. The minimum atomic E-state index is 0.779. The Morgan fingerprint density at radius 1 is 1.33 bits per heavy atom. The molecule has 0 aliphatic carbocycles. The molecule has 1 saturated heterocycles. The minimum absolute atomic E-state index is 0.779. The zero-order chi connectivity index (χ0) is 13.3. The van der Waals surface area contributed by atoms with Crippen molar-refractivity contribution in [1.29, 1.82) is 0 Å². The second kappa shape index (κ2) is 5.27. The molecule has 2 heterocycles. The third kappa shape index (κ3) is 2.66. The molecular formula is C15H25N3. The van der Waals surface area contributed by atoms with E-state index in [0.29, 0.717) is 0 Å². The zero-order valence-corrected chi connectivity index (χ0v) is 12.0. The fourth-order valence-electron chi connectivity index (χ4n) is 2.66. The summed E-state index contributed by atoms with van der Waals surface area (Å²) in [5.74, 6) is 1.63. The first kappa shape index (κ1) is 13.3. The Morgan fingerprint density at radius 3 is 2.72 bits per heavy atom. The summed E-state index contributed by atoms with van der Waals surface area (Å²) in [6.07, 6.45) is 3.19. The Bertz CT molecular complexity index is 428. The summed E-state index contributed by atoms with van der Waals surface area (Å²) in [7, 11) is 0. The Morgan fingerprint density at radius 2 is 2.06 bits per heavy atom. The van der Waals surface area contributed by atoms with Crippen LogP contribution in [0.25, 0.3) is 0 Å². The van der Waals surface area contributed by atoms with Crippen LogP contribution in [0.1, 0.15) is 37.1 Å². The number of pyridine rings is 1. The predicted octanol–water partition coefficient (Wildman–Crippen LogP) is 2.76. The monoisotopic (exact) mass is 247 g/mol. The van der Waals surface area contributed by atoms with Crippen molar-refractivity contribution in [2.75, 3.05) is 18.8 Å². The van der Waals surface area contributed by atoms with Crippen molar-refractivity contribution < 1.29 is 0 Å². The fourth-order valence-corrected chi connectivity index (χ4v) is 2.66. The fraction of sp³-hybridized carbons (Fsp3) is 0.667. The number of aromatic nitrogens is 1. The van der Waals surface area contributed by atoms with E-state index in [2.05, 4.69) is 30.7 Å². The summed E-state index contributed by atoms with van der Waals surface area (Å²) in [5.41, 5.74) is 10.4. The van der Waals surface area contributed by atoms with Gasteiger partial charge in [0, 0.05) is 25.0 Å². The van der Waals surface area contributed by atoms with Crippen molar-refractivity contribution in [2.45, 2.75) is 40.7 Å². The van der Waals surface area contributed by atoms with E-state index in [1.165, 1.54) is 19.5 Å². The van der Waals surface area contributed by atoms with Crippen LogP contribution in [0.4, 0.5) is 5.69 Å². The zero-order valence-electron chi connectivity index (χ0n) is 12.0. The number of hydrogen-bond donors (Lipinski definition) is 1. The van der Waals surface area contributed by atoms with Gasteiger partial charge in [-0.25, -0.2) is 0 Å². The lowest BCUT2D eigenvalue weighted by Crippen LogP contribution is -2.38. The van der Waals surface area contributed by atoms with Crippen LogP contribution in [-0.4, -0.2) is 23.0 Å². The molecule has 1 aromatic heterocycles. The van der Waals surface area contributed by atoms with Gasteiger partial charge in [-0.05, 0) is 49.8 Å². The number of rotatable bonds is 2. The highest BCUT2D eigenvalue weighted by Crippen LogP contribution is 2.25. The maximum absolute atomic E-state index is 6.08. The molecule has 0 spiro atoms. The molecule has 2 unspecified atom stereocenters. The molecule has 0 bridgehead atoms. The van der Waals surface area contributed by atoms with Crippen LogP contribution < -0.4 is 5.73 Å². The molecule has 0 radical (unpaired) electrons. The smallest absolute Gasteiger partial charge is 0.0593 e. The van der Waals surface area contributed by atoms with Crippen molar-refractivity contribution in [1.82, 2.24) is 9.88 Å². The lowest BCUT2D eigenvalue weighted by atomic mass is 9.88. The highest BCUT2D eigenvalue weighted by molar-refractivity contribution is 5.53. The molecule has 1 aliphatic heterocycles. The van der Waals surface area contributed by atoms with Crippen molar-refractivity contribution in [3.05, 3.63) is 23.0 Å². The molecule has 0 aromatic carbocycles. The number of likely N-dealkylation sites (tertiary alicyclic amines) is 1. The molecule has 18 heavy (non-hydrogen) atoms. The van der Waals surface area contributed by atoms with Crippen LogP contribution in [0.5, 0.6) is 0 Å². The molecule has 1 aromatic rings. The van der Waals surface area contributed by atoms with Crippen LogP contribution in [0.2, 0.25) is 0 Å². The molecule has 2 rings (SSSR count). The van der Waals surface area contributed by atoms with E-state index in [-0.39, 0.29) is 0 Å². The number of nitrogens with two attached hydrogens (primary N) is 1. The van der Waals surface area contributed by atoms with Crippen LogP contribution in [0, 0.1) is 25.7 Å².